The lowest BCUT2D eigenvalue weighted by molar-refractivity contribution is 0.102. The van der Waals surface area contributed by atoms with Crippen LogP contribution in [0.15, 0.2) is 0 Å². The minimum absolute atomic E-state index is 0.0848. The van der Waals surface area contributed by atoms with Crippen LogP contribution in [0.4, 0.5) is 0 Å². The maximum Gasteiger partial charge on any atom is 0.108 e. The molecule has 1 saturated carbocycles. The predicted octanol–water partition coefficient (Wildman–Crippen LogP) is 0.456. The molecule has 0 aliphatic heterocycles. The Morgan fingerprint density at radius 2 is 2.33 bits per heavy atom. The predicted molar refractivity (Wildman–Crippen MR) is 59.5 cm³/mol. The van der Waals surface area contributed by atoms with Gasteiger partial charge < -0.3 is 15.0 Å². The van der Waals surface area contributed by atoms with Crippen LogP contribution >= 0.6 is 0 Å². The highest BCUT2D eigenvalue weighted by Crippen LogP contribution is 2.28. The number of nitriles is 1. The van der Waals surface area contributed by atoms with Gasteiger partial charge in [0.05, 0.1) is 12.7 Å². The number of rotatable bonds is 8. The standard InChI is InChI=1S/C11H21N3O/c1-13-11(7-12)8-14(2)5-6-15-9-10-3-4-10/h10-11,13H,3-6,8-9H2,1-2H3. The summed E-state index contributed by atoms with van der Waals surface area (Å²) in [5.41, 5.74) is 0. The minimum atomic E-state index is -0.0848. The van der Waals surface area contributed by atoms with Crippen molar-refractivity contribution in [2.45, 2.75) is 18.9 Å². The molecule has 86 valence electrons. The fourth-order valence-corrected chi connectivity index (χ4v) is 1.35. The summed E-state index contributed by atoms with van der Waals surface area (Å²) >= 11 is 0. The van der Waals surface area contributed by atoms with Gasteiger partial charge in [0, 0.05) is 19.7 Å². The number of likely N-dealkylation sites (N-methyl/N-ethyl adjacent to an activating group) is 2. The van der Waals surface area contributed by atoms with Gasteiger partial charge in [0.15, 0.2) is 0 Å². The molecule has 1 rings (SSSR count). The van der Waals surface area contributed by atoms with Crippen LogP contribution in [0.3, 0.4) is 0 Å². The minimum Gasteiger partial charge on any atom is -0.380 e. The van der Waals surface area contributed by atoms with Gasteiger partial charge in [0.2, 0.25) is 0 Å². The third kappa shape index (κ3) is 5.73. The lowest BCUT2D eigenvalue weighted by Gasteiger charge is -2.19. The summed E-state index contributed by atoms with van der Waals surface area (Å²) in [7, 11) is 3.83. The molecule has 15 heavy (non-hydrogen) atoms. The Bertz CT molecular complexity index is 210. The van der Waals surface area contributed by atoms with Crippen LogP contribution in [0.5, 0.6) is 0 Å². The zero-order valence-corrected chi connectivity index (χ0v) is 9.70. The average molecular weight is 211 g/mol. The Morgan fingerprint density at radius 3 is 2.87 bits per heavy atom. The van der Waals surface area contributed by atoms with Crippen molar-refractivity contribution >= 4 is 0 Å². The Hall–Kier alpha value is -0.630. The third-order valence-corrected chi connectivity index (χ3v) is 2.67. The topological polar surface area (TPSA) is 48.3 Å². The highest BCUT2D eigenvalue weighted by molar-refractivity contribution is 4.90. The van der Waals surface area contributed by atoms with Crippen LogP contribution in [0, 0.1) is 17.2 Å². The lowest BCUT2D eigenvalue weighted by atomic mass is 10.3. The zero-order valence-electron chi connectivity index (χ0n) is 9.70. The number of hydrogen-bond donors (Lipinski definition) is 1. The molecule has 1 aliphatic rings. The summed E-state index contributed by atoms with van der Waals surface area (Å²) in [6.07, 6.45) is 2.68. The molecule has 4 heteroatoms. The molecule has 4 nitrogen and oxygen atoms in total. The molecule has 1 fully saturated rings. The summed E-state index contributed by atoms with van der Waals surface area (Å²) < 4.78 is 5.53. The average Bonchev–Trinajstić information content (AvgIpc) is 3.05. The van der Waals surface area contributed by atoms with E-state index in [9.17, 15) is 0 Å². The van der Waals surface area contributed by atoms with Crippen LogP contribution in [0.2, 0.25) is 0 Å². The first-order valence-electron chi connectivity index (χ1n) is 5.59. The van der Waals surface area contributed by atoms with Gasteiger partial charge in [-0.25, -0.2) is 0 Å². The van der Waals surface area contributed by atoms with E-state index < -0.39 is 0 Å². The summed E-state index contributed by atoms with van der Waals surface area (Å²) in [5, 5.41) is 11.7. The van der Waals surface area contributed by atoms with Crippen LogP contribution in [0.1, 0.15) is 12.8 Å². The molecule has 1 N–H and O–H groups in total. The van der Waals surface area contributed by atoms with Gasteiger partial charge in [-0.05, 0) is 32.9 Å². The van der Waals surface area contributed by atoms with E-state index in [4.69, 9.17) is 10.00 Å². The van der Waals surface area contributed by atoms with E-state index >= 15 is 0 Å². The second kappa shape index (κ2) is 6.78. The number of nitrogens with one attached hydrogen (secondary N) is 1. The lowest BCUT2D eigenvalue weighted by Crippen LogP contribution is -2.37. The Morgan fingerprint density at radius 1 is 1.60 bits per heavy atom. The molecule has 0 saturated heterocycles. The van der Waals surface area contributed by atoms with E-state index in [1.807, 2.05) is 14.1 Å². The molecule has 0 heterocycles. The maximum absolute atomic E-state index is 8.76. The molecule has 1 aliphatic carbocycles. The molecule has 1 atom stereocenters. The summed E-state index contributed by atoms with van der Waals surface area (Å²) in [4.78, 5) is 2.12. The van der Waals surface area contributed by atoms with Crippen molar-refractivity contribution in [3.8, 4) is 6.07 Å². The molecule has 0 amide bonds. The first kappa shape index (κ1) is 12.4. The van der Waals surface area contributed by atoms with Gasteiger partial charge in [0.25, 0.3) is 0 Å². The van der Waals surface area contributed by atoms with Crippen molar-refractivity contribution < 1.29 is 4.74 Å². The summed E-state index contributed by atoms with van der Waals surface area (Å²) in [5.74, 6) is 0.833. The molecule has 1 unspecified atom stereocenters. The Labute approximate surface area is 92.2 Å². The molecule has 0 radical (unpaired) electrons. The van der Waals surface area contributed by atoms with Crippen molar-refractivity contribution in [1.82, 2.24) is 10.2 Å². The second-order valence-electron chi connectivity index (χ2n) is 4.25. The van der Waals surface area contributed by atoms with E-state index in [2.05, 4.69) is 16.3 Å². The van der Waals surface area contributed by atoms with Crippen LogP contribution < -0.4 is 5.32 Å². The van der Waals surface area contributed by atoms with Crippen molar-refractivity contribution in [3.63, 3.8) is 0 Å². The van der Waals surface area contributed by atoms with Gasteiger partial charge in [0.1, 0.15) is 6.04 Å². The fraction of sp³-hybridized carbons (Fsp3) is 0.909. The summed E-state index contributed by atoms with van der Waals surface area (Å²) in [6.45, 7) is 3.34. The Balaban J connectivity index is 1.96. The summed E-state index contributed by atoms with van der Waals surface area (Å²) in [6, 6.07) is 2.12. The quantitative estimate of drug-likeness (QED) is 0.592. The Kier molecular flexibility index (Phi) is 5.62. The van der Waals surface area contributed by atoms with Gasteiger partial charge >= 0.3 is 0 Å². The molecule has 0 aromatic carbocycles. The van der Waals surface area contributed by atoms with Crippen molar-refractivity contribution in [2.75, 3.05) is 40.4 Å². The number of ether oxygens (including phenoxy) is 1. The van der Waals surface area contributed by atoms with Crippen LogP contribution in [-0.4, -0.2) is 51.3 Å². The SMILES string of the molecule is CNC(C#N)CN(C)CCOCC1CC1. The largest absolute Gasteiger partial charge is 0.380 e. The zero-order chi connectivity index (χ0) is 11.1. The van der Waals surface area contributed by atoms with Crippen molar-refractivity contribution in [3.05, 3.63) is 0 Å². The van der Waals surface area contributed by atoms with E-state index in [-0.39, 0.29) is 6.04 Å². The van der Waals surface area contributed by atoms with Crippen molar-refractivity contribution in [2.24, 2.45) is 5.92 Å². The highest BCUT2D eigenvalue weighted by Gasteiger charge is 2.21. The molecular weight excluding hydrogens is 190 g/mol. The third-order valence-electron chi connectivity index (χ3n) is 2.67. The molecule has 0 bridgehead atoms. The fourth-order valence-electron chi connectivity index (χ4n) is 1.35. The van der Waals surface area contributed by atoms with Crippen LogP contribution in [0.25, 0.3) is 0 Å². The molecule has 0 aromatic rings. The maximum atomic E-state index is 8.76. The first-order chi connectivity index (χ1) is 7.26. The number of nitrogens with zero attached hydrogens (tertiary/aromatic N) is 2. The first-order valence-corrected chi connectivity index (χ1v) is 5.59. The van der Waals surface area contributed by atoms with Gasteiger partial charge in [-0.2, -0.15) is 5.26 Å². The van der Waals surface area contributed by atoms with E-state index in [1.54, 1.807) is 0 Å². The normalized spacial score (nSPS) is 17.7. The van der Waals surface area contributed by atoms with E-state index in [0.29, 0.717) is 0 Å². The van der Waals surface area contributed by atoms with Crippen molar-refractivity contribution in [1.29, 1.82) is 5.26 Å². The van der Waals surface area contributed by atoms with Gasteiger partial charge in [-0.1, -0.05) is 0 Å². The van der Waals surface area contributed by atoms with E-state index in [0.717, 1.165) is 32.2 Å². The smallest absolute Gasteiger partial charge is 0.108 e. The highest BCUT2D eigenvalue weighted by atomic mass is 16.5. The van der Waals surface area contributed by atoms with E-state index in [1.165, 1.54) is 12.8 Å². The second-order valence-corrected chi connectivity index (χ2v) is 4.25. The van der Waals surface area contributed by atoms with Crippen LogP contribution in [-0.2, 0) is 4.74 Å². The molecule has 0 aromatic heterocycles. The van der Waals surface area contributed by atoms with Gasteiger partial charge in [-0.15, -0.1) is 0 Å². The van der Waals surface area contributed by atoms with Gasteiger partial charge in [-0.3, -0.25) is 0 Å². The number of hydrogen-bond acceptors (Lipinski definition) is 4. The monoisotopic (exact) mass is 211 g/mol. The molecule has 0 spiro atoms. The molecular formula is C11H21N3O.